The number of amides is 1. The molecule has 0 unspecified atom stereocenters. The van der Waals surface area contributed by atoms with Gasteiger partial charge in [0.05, 0.1) is 16.4 Å². The topological polar surface area (TPSA) is 50.7 Å². The minimum atomic E-state index is -0.257. The van der Waals surface area contributed by atoms with Crippen molar-refractivity contribution in [3.05, 3.63) is 82.9 Å². The quantitative estimate of drug-likeness (QED) is 0.541. The van der Waals surface area contributed by atoms with Gasteiger partial charge in [-0.2, -0.15) is 0 Å². The summed E-state index contributed by atoms with van der Waals surface area (Å²) < 4.78 is 5.92. The van der Waals surface area contributed by atoms with Crippen LogP contribution in [0.5, 0.6) is 11.5 Å². The highest BCUT2D eigenvalue weighted by molar-refractivity contribution is 6.55. The molecule has 1 amide bonds. The maximum absolute atomic E-state index is 12.3. The Balaban J connectivity index is 1.53. The molecule has 0 atom stereocenters. The second-order valence-corrected chi connectivity index (χ2v) is 8.35. The van der Waals surface area contributed by atoms with Gasteiger partial charge in [-0.1, -0.05) is 56.6 Å². The molecule has 0 aromatic heterocycles. The number of benzene rings is 3. The summed E-state index contributed by atoms with van der Waals surface area (Å²) in [5.41, 5.74) is 3.70. The number of rotatable bonds is 3. The van der Waals surface area contributed by atoms with Crippen LogP contribution in [0, 0.1) is 0 Å². The highest BCUT2D eigenvalue weighted by Gasteiger charge is 2.27. The van der Waals surface area contributed by atoms with E-state index in [0.717, 1.165) is 5.75 Å². The number of nitrogens with zero attached hydrogens (tertiary/aromatic N) is 1. The lowest BCUT2D eigenvalue weighted by Crippen LogP contribution is -2.13. The van der Waals surface area contributed by atoms with Crippen molar-refractivity contribution < 1.29 is 9.53 Å². The molecule has 29 heavy (non-hydrogen) atoms. The van der Waals surface area contributed by atoms with Crippen molar-refractivity contribution in [1.29, 1.82) is 0 Å². The van der Waals surface area contributed by atoms with E-state index in [4.69, 9.17) is 16.3 Å². The predicted molar refractivity (Wildman–Crippen MR) is 118 cm³/mol. The monoisotopic (exact) mass is 404 g/mol. The van der Waals surface area contributed by atoms with Crippen molar-refractivity contribution in [2.24, 2.45) is 4.99 Å². The van der Waals surface area contributed by atoms with Crippen molar-refractivity contribution in [2.75, 3.05) is 5.32 Å². The smallest absolute Gasteiger partial charge is 0.275 e. The number of aliphatic imine (C=N–C) groups is 1. The Labute approximate surface area is 175 Å². The largest absolute Gasteiger partial charge is 0.457 e. The third-order valence-corrected chi connectivity index (χ3v) is 5.07. The number of para-hydroxylation sites is 1. The Hall–Kier alpha value is -3.11. The number of fused-ring (bicyclic) bond motifs is 1. The highest BCUT2D eigenvalue weighted by Crippen LogP contribution is 2.33. The van der Waals surface area contributed by atoms with Crippen molar-refractivity contribution in [3.8, 4) is 11.5 Å². The first-order valence-electron chi connectivity index (χ1n) is 9.39. The summed E-state index contributed by atoms with van der Waals surface area (Å²) in [6.45, 7) is 6.54. The van der Waals surface area contributed by atoms with Gasteiger partial charge in [0.1, 0.15) is 17.2 Å². The van der Waals surface area contributed by atoms with Gasteiger partial charge >= 0.3 is 0 Å². The van der Waals surface area contributed by atoms with Gasteiger partial charge in [0, 0.05) is 5.56 Å². The average Bonchev–Trinajstić information content (AvgIpc) is 3.00. The summed E-state index contributed by atoms with van der Waals surface area (Å²) in [6.07, 6.45) is 0. The number of hydrogen-bond donors (Lipinski definition) is 1. The van der Waals surface area contributed by atoms with Crippen LogP contribution in [0.3, 0.4) is 0 Å². The fraction of sp³-hybridized carbons (Fsp3) is 0.167. The molecule has 0 fully saturated rings. The van der Waals surface area contributed by atoms with Crippen LogP contribution in [0.2, 0.25) is 5.02 Å². The van der Waals surface area contributed by atoms with E-state index in [-0.39, 0.29) is 11.3 Å². The van der Waals surface area contributed by atoms with Gasteiger partial charge in [-0.25, -0.2) is 4.99 Å². The number of halogens is 1. The van der Waals surface area contributed by atoms with Crippen LogP contribution in [-0.2, 0) is 10.2 Å². The SMILES string of the molecule is CC(C)(C)c1ccc(Oc2ccc(N=C3C(=O)Nc4c(Cl)cccc43)cc2)cc1. The van der Waals surface area contributed by atoms with Gasteiger partial charge < -0.3 is 10.1 Å². The standard InChI is InChI=1S/C24H21ClN2O2/c1-24(2,3)15-7-11-17(12-8-15)29-18-13-9-16(10-14-18)26-22-19-5-4-6-20(25)21(19)27-23(22)28/h4-14H,1-3H3,(H,26,27,28). The maximum atomic E-state index is 12.3. The van der Waals surface area contributed by atoms with Crippen molar-refractivity contribution >= 4 is 34.6 Å². The first-order chi connectivity index (χ1) is 13.8. The first kappa shape index (κ1) is 19.2. The lowest BCUT2D eigenvalue weighted by molar-refractivity contribution is -0.110. The predicted octanol–water partition coefficient (Wildman–Crippen LogP) is 6.50. The van der Waals surface area contributed by atoms with E-state index in [1.54, 1.807) is 12.1 Å². The molecule has 1 N–H and O–H groups in total. The molecule has 3 aromatic carbocycles. The van der Waals surface area contributed by atoms with E-state index < -0.39 is 0 Å². The van der Waals surface area contributed by atoms with E-state index in [0.29, 0.717) is 33.4 Å². The summed E-state index contributed by atoms with van der Waals surface area (Å²) in [4.78, 5) is 16.8. The molecular formula is C24H21ClN2O2. The van der Waals surface area contributed by atoms with Gasteiger partial charge in [-0.3, -0.25) is 4.79 Å². The molecule has 1 aliphatic heterocycles. The van der Waals surface area contributed by atoms with Crippen molar-refractivity contribution in [1.82, 2.24) is 0 Å². The minimum Gasteiger partial charge on any atom is -0.457 e. The minimum absolute atomic E-state index is 0.106. The molecule has 0 saturated heterocycles. The summed E-state index contributed by atoms with van der Waals surface area (Å²) in [7, 11) is 0. The molecule has 4 rings (SSSR count). The molecule has 0 aliphatic carbocycles. The highest BCUT2D eigenvalue weighted by atomic mass is 35.5. The van der Waals surface area contributed by atoms with Gasteiger partial charge in [-0.15, -0.1) is 0 Å². The first-order valence-corrected chi connectivity index (χ1v) is 9.76. The zero-order chi connectivity index (χ0) is 20.6. The zero-order valence-corrected chi connectivity index (χ0v) is 17.2. The Morgan fingerprint density at radius 2 is 1.52 bits per heavy atom. The molecule has 3 aromatic rings. The van der Waals surface area contributed by atoms with Gasteiger partial charge in [0.15, 0.2) is 0 Å². The normalized spacial score (nSPS) is 14.6. The molecule has 4 nitrogen and oxygen atoms in total. The van der Waals surface area contributed by atoms with Crippen LogP contribution in [0.25, 0.3) is 0 Å². The molecule has 0 bridgehead atoms. The lowest BCUT2D eigenvalue weighted by Gasteiger charge is -2.19. The Bertz CT molecular complexity index is 1100. The summed E-state index contributed by atoms with van der Waals surface area (Å²) in [6, 6.07) is 20.8. The van der Waals surface area contributed by atoms with E-state index in [1.165, 1.54) is 5.56 Å². The van der Waals surface area contributed by atoms with E-state index in [2.05, 4.69) is 43.2 Å². The number of ether oxygens (including phenoxy) is 1. The number of nitrogens with one attached hydrogen (secondary N) is 1. The summed E-state index contributed by atoms with van der Waals surface area (Å²) in [5.74, 6) is 1.22. The molecule has 1 heterocycles. The maximum Gasteiger partial charge on any atom is 0.275 e. The van der Waals surface area contributed by atoms with Gasteiger partial charge in [0.2, 0.25) is 0 Å². The molecule has 5 heteroatoms. The molecule has 0 saturated carbocycles. The van der Waals surface area contributed by atoms with Crippen LogP contribution in [-0.4, -0.2) is 11.6 Å². The second kappa shape index (κ2) is 7.37. The van der Waals surface area contributed by atoms with Crippen LogP contribution in [0.4, 0.5) is 11.4 Å². The lowest BCUT2D eigenvalue weighted by atomic mass is 9.87. The van der Waals surface area contributed by atoms with Crippen LogP contribution >= 0.6 is 11.6 Å². The van der Waals surface area contributed by atoms with Gasteiger partial charge in [-0.05, 0) is 53.4 Å². The van der Waals surface area contributed by atoms with Crippen molar-refractivity contribution in [2.45, 2.75) is 26.2 Å². The second-order valence-electron chi connectivity index (χ2n) is 7.95. The summed E-state index contributed by atoms with van der Waals surface area (Å²) >= 11 is 6.15. The molecular weight excluding hydrogens is 384 g/mol. The average molecular weight is 405 g/mol. The number of carbonyl (C=O) groups excluding carboxylic acids is 1. The van der Waals surface area contributed by atoms with Crippen molar-refractivity contribution in [3.63, 3.8) is 0 Å². The van der Waals surface area contributed by atoms with Crippen LogP contribution in [0.15, 0.2) is 71.7 Å². The fourth-order valence-corrected chi connectivity index (χ4v) is 3.35. The molecule has 0 radical (unpaired) electrons. The third kappa shape index (κ3) is 4.03. The number of anilines is 1. The van der Waals surface area contributed by atoms with Crippen LogP contribution in [0.1, 0.15) is 31.9 Å². The number of carbonyl (C=O) groups is 1. The fourth-order valence-electron chi connectivity index (χ4n) is 3.13. The third-order valence-electron chi connectivity index (χ3n) is 4.76. The molecule has 0 spiro atoms. The number of hydrogen-bond acceptors (Lipinski definition) is 3. The Morgan fingerprint density at radius 1 is 0.897 bits per heavy atom. The van der Waals surface area contributed by atoms with E-state index >= 15 is 0 Å². The summed E-state index contributed by atoms with van der Waals surface area (Å²) in [5, 5.41) is 3.27. The molecule has 146 valence electrons. The van der Waals surface area contributed by atoms with E-state index in [1.807, 2.05) is 42.5 Å². The Kier molecular flexibility index (Phi) is 4.89. The van der Waals surface area contributed by atoms with Crippen LogP contribution < -0.4 is 10.1 Å². The zero-order valence-electron chi connectivity index (χ0n) is 16.5. The molecule has 1 aliphatic rings. The van der Waals surface area contributed by atoms with Gasteiger partial charge in [0.25, 0.3) is 5.91 Å². The Morgan fingerprint density at radius 3 is 2.14 bits per heavy atom. The van der Waals surface area contributed by atoms with E-state index in [9.17, 15) is 4.79 Å².